The molecule has 0 saturated carbocycles. The van der Waals surface area contributed by atoms with Gasteiger partial charge in [-0.15, -0.1) is 0 Å². The molecule has 1 saturated heterocycles. The molecule has 4 nitrogen and oxygen atoms in total. The molecule has 1 heterocycles. The maximum Gasteiger partial charge on any atom is 0.307 e. The van der Waals surface area contributed by atoms with Gasteiger partial charge in [0.1, 0.15) is 0 Å². The molecule has 0 spiro atoms. The van der Waals surface area contributed by atoms with Gasteiger partial charge >= 0.3 is 5.97 Å². The average molecular weight is 201 g/mol. The van der Waals surface area contributed by atoms with Crippen LogP contribution in [0.5, 0.6) is 0 Å². The van der Waals surface area contributed by atoms with Crippen LogP contribution < -0.4 is 5.32 Å². The fourth-order valence-corrected chi connectivity index (χ4v) is 1.57. The van der Waals surface area contributed by atoms with Crippen molar-refractivity contribution < 1.29 is 14.3 Å². The van der Waals surface area contributed by atoms with Crippen LogP contribution in [-0.4, -0.2) is 39.4 Å². The van der Waals surface area contributed by atoms with E-state index in [0.717, 1.165) is 19.7 Å². The predicted octanol–water partition coefficient (Wildman–Crippen LogP) is 0.566. The van der Waals surface area contributed by atoms with E-state index in [0.29, 0.717) is 18.9 Å². The fraction of sp³-hybridized carbons (Fsp3) is 0.900. The van der Waals surface area contributed by atoms with Gasteiger partial charge in [-0.2, -0.15) is 0 Å². The minimum absolute atomic E-state index is 0.202. The Labute approximate surface area is 85.0 Å². The van der Waals surface area contributed by atoms with E-state index in [1.54, 1.807) is 0 Å². The zero-order valence-electron chi connectivity index (χ0n) is 8.75. The zero-order chi connectivity index (χ0) is 10.2. The lowest BCUT2D eigenvalue weighted by Gasteiger charge is -2.22. The Morgan fingerprint density at radius 3 is 3.07 bits per heavy atom. The van der Waals surface area contributed by atoms with E-state index in [1.807, 2.05) is 0 Å². The summed E-state index contributed by atoms with van der Waals surface area (Å²) in [7, 11) is 1.40. The lowest BCUT2D eigenvalue weighted by Crippen LogP contribution is -2.32. The normalized spacial score (nSPS) is 21.9. The highest BCUT2D eigenvalue weighted by Gasteiger charge is 2.12. The second-order valence-electron chi connectivity index (χ2n) is 3.61. The van der Waals surface area contributed by atoms with Crippen LogP contribution in [0.15, 0.2) is 0 Å². The fourth-order valence-electron chi connectivity index (χ4n) is 1.57. The van der Waals surface area contributed by atoms with Crippen molar-refractivity contribution in [1.82, 2.24) is 5.32 Å². The van der Waals surface area contributed by atoms with Crippen molar-refractivity contribution in [3.8, 4) is 0 Å². The van der Waals surface area contributed by atoms with Gasteiger partial charge in [0, 0.05) is 6.54 Å². The van der Waals surface area contributed by atoms with Gasteiger partial charge in [0.15, 0.2) is 0 Å². The minimum atomic E-state index is -0.202. The van der Waals surface area contributed by atoms with Crippen molar-refractivity contribution in [1.29, 1.82) is 0 Å². The van der Waals surface area contributed by atoms with Gasteiger partial charge in [-0.3, -0.25) is 4.79 Å². The topological polar surface area (TPSA) is 47.6 Å². The SMILES string of the molecule is COC(=O)CCOC[C@@H]1CCCNC1. The summed E-state index contributed by atoms with van der Waals surface area (Å²) in [5, 5.41) is 3.32. The first-order valence-electron chi connectivity index (χ1n) is 5.18. The van der Waals surface area contributed by atoms with Crippen molar-refractivity contribution >= 4 is 5.97 Å². The molecule has 4 heteroatoms. The van der Waals surface area contributed by atoms with E-state index >= 15 is 0 Å². The Bertz CT molecular complexity index is 167. The standard InChI is InChI=1S/C10H19NO3/c1-13-10(12)4-6-14-8-9-3-2-5-11-7-9/h9,11H,2-8H2,1H3/t9-/m1/s1. The van der Waals surface area contributed by atoms with Crippen molar-refractivity contribution in [3.05, 3.63) is 0 Å². The number of rotatable bonds is 5. The Morgan fingerprint density at radius 1 is 1.57 bits per heavy atom. The van der Waals surface area contributed by atoms with Crippen LogP contribution in [0, 0.1) is 5.92 Å². The van der Waals surface area contributed by atoms with E-state index in [-0.39, 0.29) is 5.97 Å². The summed E-state index contributed by atoms with van der Waals surface area (Å²) in [4.78, 5) is 10.7. The summed E-state index contributed by atoms with van der Waals surface area (Å²) >= 11 is 0. The van der Waals surface area contributed by atoms with E-state index in [4.69, 9.17) is 4.74 Å². The van der Waals surface area contributed by atoms with Gasteiger partial charge < -0.3 is 14.8 Å². The molecule has 0 unspecified atom stereocenters. The molecule has 0 bridgehead atoms. The number of hydrogen-bond acceptors (Lipinski definition) is 4. The van der Waals surface area contributed by atoms with E-state index in [2.05, 4.69) is 10.1 Å². The van der Waals surface area contributed by atoms with Crippen LogP contribution in [0.3, 0.4) is 0 Å². The quantitative estimate of drug-likeness (QED) is 0.521. The number of methoxy groups -OCH3 is 1. The molecule has 82 valence electrons. The number of nitrogens with one attached hydrogen (secondary N) is 1. The first-order chi connectivity index (χ1) is 6.83. The summed E-state index contributed by atoms with van der Waals surface area (Å²) in [5.41, 5.74) is 0. The van der Waals surface area contributed by atoms with E-state index < -0.39 is 0 Å². The molecule has 1 aliphatic rings. The molecule has 14 heavy (non-hydrogen) atoms. The van der Waals surface area contributed by atoms with Crippen molar-refractivity contribution in [2.75, 3.05) is 33.4 Å². The predicted molar refractivity (Wildman–Crippen MR) is 53.0 cm³/mol. The molecular formula is C10H19NO3. The van der Waals surface area contributed by atoms with Crippen molar-refractivity contribution in [2.24, 2.45) is 5.92 Å². The lowest BCUT2D eigenvalue weighted by molar-refractivity contribution is -0.141. The maximum absolute atomic E-state index is 10.7. The first kappa shape index (κ1) is 11.5. The zero-order valence-corrected chi connectivity index (χ0v) is 8.75. The molecule has 1 rings (SSSR count). The molecule has 0 aliphatic carbocycles. The number of piperidine rings is 1. The number of carbonyl (C=O) groups is 1. The van der Waals surface area contributed by atoms with Crippen LogP contribution in [0.1, 0.15) is 19.3 Å². The molecule has 1 N–H and O–H groups in total. The van der Waals surface area contributed by atoms with Crippen LogP contribution in [0.4, 0.5) is 0 Å². The van der Waals surface area contributed by atoms with Crippen LogP contribution in [0.2, 0.25) is 0 Å². The Kier molecular flexibility index (Phi) is 5.56. The van der Waals surface area contributed by atoms with E-state index in [1.165, 1.54) is 20.0 Å². The Balaban J connectivity index is 1.94. The second-order valence-corrected chi connectivity index (χ2v) is 3.61. The second kappa shape index (κ2) is 6.79. The lowest BCUT2D eigenvalue weighted by atomic mass is 10.0. The summed E-state index contributed by atoms with van der Waals surface area (Å²) < 4.78 is 9.92. The minimum Gasteiger partial charge on any atom is -0.469 e. The average Bonchev–Trinajstić information content (AvgIpc) is 2.25. The summed E-state index contributed by atoms with van der Waals surface area (Å²) in [6, 6.07) is 0. The van der Waals surface area contributed by atoms with Gasteiger partial charge in [-0.05, 0) is 25.3 Å². The van der Waals surface area contributed by atoms with Crippen LogP contribution in [-0.2, 0) is 14.3 Å². The number of esters is 1. The van der Waals surface area contributed by atoms with Crippen molar-refractivity contribution in [3.63, 3.8) is 0 Å². The molecular weight excluding hydrogens is 182 g/mol. The monoisotopic (exact) mass is 201 g/mol. The molecule has 0 aromatic carbocycles. The number of hydrogen-bond donors (Lipinski definition) is 1. The van der Waals surface area contributed by atoms with Gasteiger partial charge in [-0.25, -0.2) is 0 Å². The smallest absolute Gasteiger partial charge is 0.307 e. The third kappa shape index (κ3) is 4.58. The highest BCUT2D eigenvalue weighted by molar-refractivity contribution is 5.69. The number of ether oxygens (including phenoxy) is 2. The molecule has 1 atom stereocenters. The Morgan fingerprint density at radius 2 is 2.43 bits per heavy atom. The molecule has 0 aromatic rings. The van der Waals surface area contributed by atoms with Crippen LogP contribution in [0.25, 0.3) is 0 Å². The van der Waals surface area contributed by atoms with Gasteiger partial charge in [0.05, 0.1) is 26.7 Å². The molecule has 1 fully saturated rings. The van der Waals surface area contributed by atoms with Gasteiger partial charge in [0.25, 0.3) is 0 Å². The van der Waals surface area contributed by atoms with Crippen molar-refractivity contribution in [2.45, 2.75) is 19.3 Å². The first-order valence-corrected chi connectivity index (χ1v) is 5.18. The summed E-state index contributed by atoms with van der Waals surface area (Å²) in [6.07, 6.45) is 2.81. The third-order valence-electron chi connectivity index (χ3n) is 2.43. The largest absolute Gasteiger partial charge is 0.469 e. The molecule has 0 radical (unpaired) electrons. The molecule has 0 amide bonds. The Hall–Kier alpha value is -0.610. The third-order valence-corrected chi connectivity index (χ3v) is 2.43. The summed E-state index contributed by atoms with van der Waals surface area (Å²) in [6.45, 7) is 3.39. The van der Waals surface area contributed by atoms with Gasteiger partial charge in [-0.1, -0.05) is 0 Å². The highest BCUT2D eigenvalue weighted by atomic mass is 16.5. The number of carbonyl (C=O) groups excluding carboxylic acids is 1. The highest BCUT2D eigenvalue weighted by Crippen LogP contribution is 2.09. The van der Waals surface area contributed by atoms with E-state index in [9.17, 15) is 4.79 Å². The van der Waals surface area contributed by atoms with Gasteiger partial charge in [0.2, 0.25) is 0 Å². The molecule has 1 aliphatic heterocycles. The molecule has 0 aromatic heterocycles. The maximum atomic E-state index is 10.7. The summed E-state index contributed by atoms with van der Waals surface area (Å²) in [5.74, 6) is 0.410. The van der Waals surface area contributed by atoms with Crippen LogP contribution >= 0.6 is 0 Å².